The molecule has 0 aliphatic carbocycles. The van der Waals surface area contributed by atoms with Gasteiger partial charge in [0, 0.05) is 14.1 Å². The van der Waals surface area contributed by atoms with Gasteiger partial charge in [-0.05, 0) is 13.8 Å². The highest BCUT2D eigenvalue weighted by Crippen LogP contribution is 2.02. The van der Waals surface area contributed by atoms with E-state index in [4.69, 9.17) is 6.42 Å². The van der Waals surface area contributed by atoms with Crippen LogP contribution in [0.4, 0.5) is 0 Å². The molecule has 0 unspecified atom stereocenters. The molecule has 0 atom stereocenters. The van der Waals surface area contributed by atoms with E-state index in [1.165, 1.54) is 0 Å². The summed E-state index contributed by atoms with van der Waals surface area (Å²) in [5.74, 6) is 7.66. The molecule has 0 N–H and O–H groups in total. The van der Waals surface area contributed by atoms with Gasteiger partial charge < -0.3 is 9.13 Å². The molecule has 0 bridgehead atoms. The first-order valence-electron chi connectivity index (χ1n) is 7.12. The van der Waals surface area contributed by atoms with Crippen molar-refractivity contribution in [3.8, 4) is 23.8 Å². The van der Waals surface area contributed by atoms with Gasteiger partial charge in [0.15, 0.2) is 0 Å². The van der Waals surface area contributed by atoms with E-state index in [9.17, 15) is 0 Å². The Hall–Kier alpha value is -2.24. The van der Waals surface area contributed by atoms with E-state index in [2.05, 4.69) is 47.0 Å². The first-order valence-corrected chi connectivity index (χ1v) is 10.6. The maximum atomic E-state index is 5.15. The van der Waals surface area contributed by atoms with Crippen molar-refractivity contribution in [2.45, 2.75) is 33.5 Å². The monoisotopic (exact) mass is 312 g/mol. The summed E-state index contributed by atoms with van der Waals surface area (Å²) in [6, 6.07) is 0. The standard InChI is InChI=1S/C10H16N2Si.C7H8N2/c1-9-11-8-10(12(9)2)6-7-13(3,4)5;1-4-7-5-8-6(2)9(7)3/h8H,1-5H3;1,5H,2-3H3. The Morgan fingerprint density at radius 2 is 1.41 bits per heavy atom. The number of rotatable bonds is 0. The van der Waals surface area contributed by atoms with Crippen LogP contribution in [0.2, 0.25) is 19.6 Å². The molecule has 2 heterocycles. The highest BCUT2D eigenvalue weighted by atomic mass is 28.3. The topological polar surface area (TPSA) is 35.6 Å². The average molecular weight is 312 g/mol. The van der Waals surface area contributed by atoms with E-state index in [-0.39, 0.29) is 0 Å². The van der Waals surface area contributed by atoms with E-state index < -0.39 is 8.07 Å². The lowest BCUT2D eigenvalue weighted by Crippen LogP contribution is -2.16. The molecule has 0 aromatic carbocycles. The summed E-state index contributed by atoms with van der Waals surface area (Å²) in [5.41, 5.74) is 5.16. The molecule has 22 heavy (non-hydrogen) atoms. The van der Waals surface area contributed by atoms with Gasteiger partial charge in [-0.15, -0.1) is 12.0 Å². The summed E-state index contributed by atoms with van der Waals surface area (Å²) in [4.78, 5) is 8.20. The van der Waals surface area contributed by atoms with E-state index in [0.717, 1.165) is 23.0 Å². The van der Waals surface area contributed by atoms with E-state index in [1.807, 2.05) is 43.3 Å². The zero-order valence-electron chi connectivity index (χ0n) is 14.5. The van der Waals surface area contributed by atoms with Crippen molar-refractivity contribution in [3.63, 3.8) is 0 Å². The summed E-state index contributed by atoms with van der Waals surface area (Å²) in [7, 11) is 2.64. The van der Waals surface area contributed by atoms with Crippen molar-refractivity contribution in [2.75, 3.05) is 0 Å². The predicted molar refractivity (Wildman–Crippen MR) is 94.0 cm³/mol. The fourth-order valence-electron chi connectivity index (χ4n) is 1.51. The number of hydrogen-bond donors (Lipinski definition) is 0. The van der Waals surface area contributed by atoms with E-state index in [1.54, 1.807) is 6.20 Å². The fourth-order valence-corrected chi connectivity index (χ4v) is 2.01. The predicted octanol–water partition coefficient (Wildman–Crippen LogP) is 2.67. The van der Waals surface area contributed by atoms with Crippen molar-refractivity contribution >= 4 is 8.07 Å². The second-order valence-electron chi connectivity index (χ2n) is 6.14. The second-order valence-corrected chi connectivity index (χ2v) is 10.9. The van der Waals surface area contributed by atoms with Crippen LogP contribution in [0.5, 0.6) is 0 Å². The molecule has 0 radical (unpaired) electrons. The van der Waals surface area contributed by atoms with Gasteiger partial charge in [0.1, 0.15) is 31.1 Å². The minimum atomic E-state index is -1.26. The van der Waals surface area contributed by atoms with Gasteiger partial charge in [0.2, 0.25) is 0 Å². The minimum absolute atomic E-state index is 0.826. The van der Waals surface area contributed by atoms with Crippen LogP contribution in [0.25, 0.3) is 0 Å². The van der Waals surface area contributed by atoms with Gasteiger partial charge in [-0.25, -0.2) is 9.97 Å². The zero-order valence-corrected chi connectivity index (χ0v) is 15.5. The van der Waals surface area contributed by atoms with Crippen LogP contribution in [-0.2, 0) is 14.1 Å². The molecule has 2 rings (SSSR count). The van der Waals surface area contributed by atoms with Crippen LogP contribution >= 0.6 is 0 Å². The van der Waals surface area contributed by atoms with Crippen LogP contribution in [0.1, 0.15) is 23.0 Å². The van der Waals surface area contributed by atoms with Crippen molar-refractivity contribution in [2.24, 2.45) is 14.1 Å². The third-order valence-corrected chi connectivity index (χ3v) is 4.03. The number of nitrogens with zero attached hydrogens (tertiary/aromatic N) is 4. The molecule has 2 aromatic heterocycles. The lowest BCUT2D eigenvalue weighted by molar-refractivity contribution is 0.847. The number of imidazole rings is 2. The van der Waals surface area contributed by atoms with Gasteiger partial charge in [0.25, 0.3) is 0 Å². The normalized spacial score (nSPS) is 10.1. The maximum Gasteiger partial charge on any atom is 0.129 e. The molecule has 116 valence electrons. The molecule has 0 aliphatic heterocycles. The molecule has 2 aromatic rings. The lowest BCUT2D eigenvalue weighted by Gasteiger charge is -2.03. The molecule has 4 nitrogen and oxygen atoms in total. The SMILES string of the molecule is C#Cc1cnc(C)n1C.Cc1ncc(C#C[Si](C)(C)C)n1C. The van der Waals surface area contributed by atoms with E-state index in [0.29, 0.717) is 0 Å². The molecule has 0 aliphatic rings. The second kappa shape index (κ2) is 7.15. The van der Waals surface area contributed by atoms with Gasteiger partial charge in [-0.3, -0.25) is 0 Å². The molecular formula is C17H24N4Si. The molecule has 0 saturated heterocycles. The summed E-state index contributed by atoms with van der Waals surface area (Å²) >= 11 is 0. The van der Waals surface area contributed by atoms with Gasteiger partial charge in [-0.2, -0.15) is 0 Å². The first kappa shape index (κ1) is 17.8. The van der Waals surface area contributed by atoms with E-state index >= 15 is 0 Å². The van der Waals surface area contributed by atoms with Gasteiger partial charge in [0.05, 0.1) is 12.4 Å². The molecule has 0 fully saturated rings. The summed E-state index contributed by atoms with van der Waals surface area (Å²) in [6.07, 6.45) is 8.68. The first-order chi connectivity index (χ1) is 10.2. The number of hydrogen-bond acceptors (Lipinski definition) is 2. The van der Waals surface area contributed by atoms with Crippen molar-refractivity contribution < 1.29 is 0 Å². The smallest absolute Gasteiger partial charge is 0.129 e. The minimum Gasteiger partial charge on any atom is -0.325 e. The Kier molecular flexibility index (Phi) is 5.79. The molecule has 0 saturated carbocycles. The largest absolute Gasteiger partial charge is 0.325 e. The molecule has 0 spiro atoms. The Balaban J connectivity index is 0.000000235. The highest BCUT2D eigenvalue weighted by molar-refractivity contribution is 6.83. The molecule has 5 heteroatoms. The highest BCUT2D eigenvalue weighted by Gasteiger charge is 2.08. The molecular weight excluding hydrogens is 288 g/mol. The number of terminal acetylenes is 1. The summed E-state index contributed by atoms with van der Waals surface area (Å²) in [6.45, 7) is 10.6. The Morgan fingerprint density at radius 3 is 1.68 bits per heavy atom. The number of aryl methyl sites for hydroxylation is 2. The molecule has 0 amide bonds. The van der Waals surface area contributed by atoms with Crippen LogP contribution in [0.15, 0.2) is 12.4 Å². The average Bonchev–Trinajstić information content (AvgIpc) is 2.93. The quantitative estimate of drug-likeness (QED) is 0.554. The van der Waals surface area contributed by atoms with Crippen molar-refractivity contribution in [3.05, 3.63) is 35.4 Å². The fraction of sp³-hybridized carbons (Fsp3) is 0.412. The maximum absolute atomic E-state index is 5.15. The lowest BCUT2D eigenvalue weighted by atomic mass is 10.5. The third kappa shape index (κ3) is 4.94. The van der Waals surface area contributed by atoms with Crippen LogP contribution in [-0.4, -0.2) is 27.2 Å². The Bertz CT molecular complexity index is 742. The summed E-state index contributed by atoms with van der Waals surface area (Å²) in [5, 5.41) is 0. The zero-order chi connectivity index (χ0) is 16.9. The van der Waals surface area contributed by atoms with Gasteiger partial charge in [-0.1, -0.05) is 31.5 Å². The van der Waals surface area contributed by atoms with Gasteiger partial charge >= 0.3 is 0 Å². The van der Waals surface area contributed by atoms with Crippen LogP contribution < -0.4 is 0 Å². The van der Waals surface area contributed by atoms with Crippen LogP contribution in [0.3, 0.4) is 0 Å². The summed E-state index contributed by atoms with van der Waals surface area (Å²) < 4.78 is 3.90. The van der Waals surface area contributed by atoms with Crippen molar-refractivity contribution in [1.29, 1.82) is 0 Å². The number of aromatic nitrogens is 4. The Morgan fingerprint density at radius 1 is 0.955 bits per heavy atom. The third-order valence-electron chi connectivity index (χ3n) is 3.15. The van der Waals surface area contributed by atoms with Crippen LogP contribution in [0, 0.1) is 37.7 Å². The Labute approximate surface area is 134 Å². The van der Waals surface area contributed by atoms with Crippen molar-refractivity contribution in [1.82, 2.24) is 19.1 Å².